The third-order valence-corrected chi connectivity index (χ3v) is 3.52. The molecule has 4 N–H and O–H groups in total. The number of hydrogen-bond donors (Lipinski definition) is 4. The van der Waals surface area contributed by atoms with Gasteiger partial charge in [-0.05, 0) is 50.7 Å². The predicted octanol–water partition coefficient (Wildman–Crippen LogP) is 1.16. The van der Waals surface area contributed by atoms with Crippen molar-refractivity contribution in [3.8, 4) is 5.75 Å². The maximum Gasteiger partial charge on any atom is 0.325 e. The SMILES string of the molecule is Cc1[nH]c(=O)[nH]c(=O)c1/C=N\NC(=S)NCc1ccc(OC(C)C)cc1. The van der Waals surface area contributed by atoms with Crippen LogP contribution in [0.2, 0.25) is 0 Å². The average molecular weight is 375 g/mol. The maximum absolute atomic E-state index is 11.7. The van der Waals surface area contributed by atoms with Gasteiger partial charge in [0.1, 0.15) is 5.75 Å². The van der Waals surface area contributed by atoms with Crippen molar-refractivity contribution in [2.45, 2.75) is 33.4 Å². The zero-order chi connectivity index (χ0) is 19.1. The number of rotatable bonds is 6. The molecule has 0 aliphatic heterocycles. The number of benzene rings is 1. The Morgan fingerprint density at radius 1 is 1.27 bits per heavy atom. The van der Waals surface area contributed by atoms with Crippen molar-refractivity contribution in [3.05, 3.63) is 61.9 Å². The second kappa shape index (κ2) is 8.95. The molecule has 0 amide bonds. The summed E-state index contributed by atoms with van der Waals surface area (Å²) in [6, 6.07) is 7.69. The van der Waals surface area contributed by atoms with Crippen molar-refractivity contribution >= 4 is 23.5 Å². The van der Waals surface area contributed by atoms with E-state index in [1.165, 1.54) is 6.21 Å². The monoisotopic (exact) mass is 375 g/mol. The molecule has 0 atom stereocenters. The molecule has 138 valence electrons. The normalized spacial score (nSPS) is 10.9. The van der Waals surface area contributed by atoms with Gasteiger partial charge in [0.2, 0.25) is 0 Å². The summed E-state index contributed by atoms with van der Waals surface area (Å²) in [6.45, 7) is 6.08. The smallest absolute Gasteiger partial charge is 0.325 e. The quantitative estimate of drug-likeness (QED) is 0.342. The Morgan fingerprint density at radius 2 is 1.96 bits per heavy atom. The van der Waals surface area contributed by atoms with Gasteiger partial charge in [0.15, 0.2) is 5.11 Å². The molecule has 2 rings (SSSR count). The molecular formula is C17H21N5O3S. The van der Waals surface area contributed by atoms with Crippen molar-refractivity contribution in [1.82, 2.24) is 20.7 Å². The molecule has 0 aliphatic rings. The van der Waals surface area contributed by atoms with Crippen LogP contribution >= 0.6 is 12.2 Å². The van der Waals surface area contributed by atoms with Gasteiger partial charge in [0.05, 0.1) is 17.9 Å². The highest BCUT2D eigenvalue weighted by Crippen LogP contribution is 2.13. The minimum Gasteiger partial charge on any atom is -0.491 e. The van der Waals surface area contributed by atoms with Crippen molar-refractivity contribution in [2.24, 2.45) is 5.10 Å². The Kier molecular flexibility index (Phi) is 6.67. The Bertz CT molecular complexity index is 900. The lowest BCUT2D eigenvalue weighted by atomic mass is 10.2. The molecule has 9 heteroatoms. The summed E-state index contributed by atoms with van der Waals surface area (Å²) in [7, 11) is 0. The number of aromatic amines is 2. The molecule has 0 saturated heterocycles. The zero-order valence-corrected chi connectivity index (χ0v) is 15.6. The number of hydrogen-bond acceptors (Lipinski definition) is 5. The van der Waals surface area contributed by atoms with Crippen LogP contribution in [0, 0.1) is 6.92 Å². The Morgan fingerprint density at radius 3 is 2.58 bits per heavy atom. The van der Waals surface area contributed by atoms with Crippen LogP contribution in [-0.4, -0.2) is 27.4 Å². The van der Waals surface area contributed by atoms with E-state index in [2.05, 4.69) is 25.8 Å². The summed E-state index contributed by atoms with van der Waals surface area (Å²) in [5, 5.41) is 7.22. The van der Waals surface area contributed by atoms with Crippen LogP contribution in [0.1, 0.15) is 30.7 Å². The Balaban J connectivity index is 1.86. The van der Waals surface area contributed by atoms with Crippen LogP contribution in [0.5, 0.6) is 5.75 Å². The van der Waals surface area contributed by atoms with Gasteiger partial charge in [-0.2, -0.15) is 5.10 Å². The minimum atomic E-state index is -0.556. The molecule has 0 fully saturated rings. The topological polar surface area (TPSA) is 111 Å². The van der Waals surface area contributed by atoms with Crippen LogP contribution in [0.25, 0.3) is 0 Å². The number of nitrogens with one attached hydrogen (secondary N) is 4. The van der Waals surface area contributed by atoms with E-state index in [9.17, 15) is 9.59 Å². The van der Waals surface area contributed by atoms with E-state index in [4.69, 9.17) is 17.0 Å². The summed E-state index contributed by atoms with van der Waals surface area (Å²) in [4.78, 5) is 27.4. The Labute approximate surface area is 155 Å². The molecule has 0 unspecified atom stereocenters. The van der Waals surface area contributed by atoms with Gasteiger partial charge >= 0.3 is 5.69 Å². The molecule has 8 nitrogen and oxygen atoms in total. The van der Waals surface area contributed by atoms with Gasteiger partial charge in [-0.15, -0.1) is 0 Å². The predicted molar refractivity (Wildman–Crippen MR) is 105 cm³/mol. The average Bonchev–Trinajstić information content (AvgIpc) is 2.56. The van der Waals surface area contributed by atoms with E-state index in [-0.39, 0.29) is 11.7 Å². The second-order valence-electron chi connectivity index (χ2n) is 5.81. The fourth-order valence-electron chi connectivity index (χ4n) is 2.10. The van der Waals surface area contributed by atoms with Crippen LogP contribution in [0.3, 0.4) is 0 Å². The molecule has 26 heavy (non-hydrogen) atoms. The summed E-state index contributed by atoms with van der Waals surface area (Å²) in [5.41, 5.74) is 3.26. The fraction of sp³-hybridized carbons (Fsp3) is 0.294. The number of aryl methyl sites for hydroxylation is 1. The molecular weight excluding hydrogens is 354 g/mol. The van der Waals surface area contributed by atoms with Gasteiger partial charge in [-0.3, -0.25) is 15.2 Å². The van der Waals surface area contributed by atoms with Crippen molar-refractivity contribution in [1.29, 1.82) is 0 Å². The Hall–Kier alpha value is -2.94. The second-order valence-corrected chi connectivity index (χ2v) is 6.22. The lowest BCUT2D eigenvalue weighted by Gasteiger charge is -2.11. The zero-order valence-electron chi connectivity index (χ0n) is 14.8. The first-order valence-electron chi connectivity index (χ1n) is 8.01. The number of nitrogens with zero attached hydrogens (tertiary/aromatic N) is 1. The largest absolute Gasteiger partial charge is 0.491 e. The van der Waals surface area contributed by atoms with E-state index in [0.29, 0.717) is 17.4 Å². The number of aromatic nitrogens is 2. The van der Waals surface area contributed by atoms with E-state index < -0.39 is 11.2 Å². The van der Waals surface area contributed by atoms with Gasteiger partial charge in [-0.1, -0.05) is 12.1 Å². The minimum absolute atomic E-state index is 0.131. The number of ether oxygens (including phenoxy) is 1. The molecule has 0 bridgehead atoms. The molecule has 1 aromatic heterocycles. The first-order valence-corrected chi connectivity index (χ1v) is 8.41. The summed E-state index contributed by atoms with van der Waals surface area (Å²) >= 11 is 5.13. The van der Waals surface area contributed by atoms with Gasteiger partial charge in [0.25, 0.3) is 5.56 Å². The molecule has 2 aromatic rings. The highest BCUT2D eigenvalue weighted by atomic mass is 32.1. The lowest BCUT2D eigenvalue weighted by Crippen LogP contribution is -2.32. The van der Waals surface area contributed by atoms with E-state index in [1.54, 1.807) is 6.92 Å². The third-order valence-electron chi connectivity index (χ3n) is 3.28. The van der Waals surface area contributed by atoms with E-state index in [0.717, 1.165) is 11.3 Å². The molecule has 0 saturated carbocycles. The fourth-order valence-corrected chi connectivity index (χ4v) is 2.23. The molecule has 0 aliphatic carbocycles. The molecule has 0 radical (unpaired) electrons. The summed E-state index contributed by atoms with van der Waals surface area (Å²) < 4.78 is 5.59. The standard InChI is InChI=1S/C17H21N5O3S/c1-10(2)25-13-6-4-12(5-7-13)8-18-17(26)22-19-9-14-11(3)20-16(24)21-15(14)23/h4-7,9-10H,8H2,1-3H3,(H2,18,22,26)(H2,20,21,23,24)/b19-9-. The first-order chi connectivity index (χ1) is 12.3. The summed E-state index contributed by atoms with van der Waals surface area (Å²) in [5.74, 6) is 0.815. The van der Waals surface area contributed by atoms with Crippen LogP contribution in [0.15, 0.2) is 39.0 Å². The van der Waals surface area contributed by atoms with E-state index >= 15 is 0 Å². The number of thiocarbonyl (C=S) groups is 1. The van der Waals surface area contributed by atoms with Crippen LogP contribution in [-0.2, 0) is 6.54 Å². The highest BCUT2D eigenvalue weighted by molar-refractivity contribution is 7.80. The molecule has 1 aromatic carbocycles. The maximum atomic E-state index is 11.7. The number of hydrazone groups is 1. The number of H-pyrrole nitrogens is 2. The molecule has 0 spiro atoms. The lowest BCUT2D eigenvalue weighted by molar-refractivity contribution is 0.242. The van der Waals surface area contributed by atoms with Crippen molar-refractivity contribution < 1.29 is 4.74 Å². The van der Waals surface area contributed by atoms with Gasteiger partial charge in [-0.25, -0.2) is 4.79 Å². The van der Waals surface area contributed by atoms with Crippen molar-refractivity contribution in [3.63, 3.8) is 0 Å². The van der Waals surface area contributed by atoms with Gasteiger partial charge in [0, 0.05) is 12.2 Å². The van der Waals surface area contributed by atoms with Crippen molar-refractivity contribution in [2.75, 3.05) is 0 Å². The van der Waals surface area contributed by atoms with Crippen LogP contribution in [0.4, 0.5) is 0 Å². The molecule has 1 heterocycles. The van der Waals surface area contributed by atoms with E-state index in [1.807, 2.05) is 38.1 Å². The first kappa shape index (κ1) is 19.4. The van der Waals surface area contributed by atoms with Crippen LogP contribution < -0.4 is 26.7 Å². The highest BCUT2D eigenvalue weighted by Gasteiger charge is 2.03. The summed E-state index contributed by atoms with van der Waals surface area (Å²) in [6.07, 6.45) is 1.43. The van der Waals surface area contributed by atoms with Gasteiger partial charge < -0.3 is 15.0 Å². The third kappa shape index (κ3) is 5.85.